The summed E-state index contributed by atoms with van der Waals surface area (Å²) in [6.07, 6.45) is 0. The first-order valence-corrected chi connectivity index (χ1v) is 3.96. The first kappa shape index (κ1) is 8.99. The van der Waals surface area contributed by atoms with Crippen LogP contribution in [0.1, 0.15) is 0 Å². The van der Waals surface area contributed by atoms with E-state index in [0.29, 0.717) is 0 Å². The fourth-order valence-corrected chi connectivity index (χ4v) is 0.940. The topological polar surface area (TPSA) is 171 Å². The zero-order chi connectivity index (χ0) is 11.0. The van der Waals surface area contributed by atoms with Crippen LogP contribution in [0.2, 0.25) is 0 Å². The van der Waals surface area contributed by atoms with Crippen molar-refractivity contribution in [3.05, 3.63) is 0 Å². The van der Waals surface area contributed by atoms with Gasteiger partial charge in [-0.1, -0.05) is 0 Å². The SMILES string of the molecule is Nc1[nH]nc(Oc2n[nH]c(N)c2N)c1N. The molecule has 0 aliphatic rings. The number of nitrogens with one attached hydrogen (secondary N) is 2. The average molecular weight is 210 g/mol. The fourth-order valence-electron chi connectivity index (χ4n) is 0.940. The third-order valence-corrected chi connectivity index (χ3v) is 1.79. The summed E-state index contributed by atoms with van der Waals surface area (Å²) >= 11 is 0. The number of nitrogens with two attached hydrogens (primary N) is 4. The molecule has 9 heteroatoms. The Morgan fingerprint density at radius 2 is 1.20 bits per heavy atom. The van der Waals surface area contributed by atoms with E-state index in [-0.39, 0.29) is 34.8 Å². The highest BCUT2D eigenvalue weighted by Crippen LogP contribution is 2.32. The molecule has 15 heavy (non-hydrogen) atoms. The second-order valence-electron chi connectivity index (χ2n) is 2.81. The summed E-state index contributed by atoms with van der Waals surface area (Å²) in [7, 11) is 0. The van der Waals surface area contributed by atoms with Crippen LogP contribution in [-0.2, 0) is 0 Å². The zero-order valence-electron chi connectivity index (χ0n) is 7.61. The highest BCUT2D eigenvalue weighted by atomic mass is 16.5. The molecule has 2 aromatic rings. The van der Waals surface area contributed by atoms with Crippen molar-refractivity contribution < 1.29 is 4.74 Å². The minimum Gasteiger partial charge on any atom is -0.413 e. The van der Waals surface area contributed by atoms with Crippen molar-refractivity contribution in [1.82, 2.24) is 20.4 Å². The van der Waals surface area contributed by atoms with Gasteiger partial charge in [0.25, 0.3) is 11.8 Å². The maximum absolute atomic E-state index is 5.55. The van der Waals surface area contributed by atoms with Gasteiger partial charge < -0.3 is 27.7 Å². The third kappa shape index (κ3) is 1.35. The average Bonchev–Trinajstić information content (AvgIpc) is 2.68. The van der Waals surface area contributed by atoms with E-state index in [9.17, 15) is 0 Å². The standard InChI is InChI=1S/C6H10N8O/c7-1-3(9)11-13-5(1)15-6-2(8)4(10)12-14-6/h7-8H2,(H3,9,11,13)(H3,10,12,14). The van der Waals surface area contributed by atoms with E-state index < -0.39 is 0 Å². The van der Waals surface area contributed by atoms with Crippen molar-refractivity contribution in [2.24, 2.45) is 0 Å². The summed E-state index contributed by atoms with van der Waals surface area (Å²) < 4.78 is 5.19. The molecule has 2 rings (SSSR count). The number of hydrogen-bond donors (Lipinski definition) is 6. The van der Waals surface area contributed by atoms with Gasteiger partial charge in [0, 0.05) is 0 Å². The second-order valence-corrected chi connectivity index (χ2v) is 2.81. The minimum absolute atomic E-state index is 0.103. The highest BCUT2D eigenvalue weighted by molar-refractivity contribution is 5.68. The van der Waals surface area contributed by atoms with E-state index >= 15 is 0 Å². The Morgan fingerprint density at radius 3 is 1.47 bits per heavy atom. The molecule has 0 aliphatic carbocycles. The Morgan fingerprint density at radius 1 is 0.800 bits per heavy atom. The third-order valence-electron chi connectivity index (χ3n) is 1.79. The predicted molar refractivity (Wildman–Crippen MR) is 54.9 cm³/mol. The lowest BCUT2D eigenvalue weighted by Gasteiger charge is -1.99. The number of aromatic nitrogens is 4. The van der Waals surface area contributed by atoms with Crippen molar-refractivity contribution in [3.63, 3.8) is 0 Å². The zero-order valence-corrected chi connectivity index (χ0v) is 7.61. The van der Waals surface area contributed by atoms with Gasteiger partial charge in [-0.25, -0.2) is 0 Å². The molecule has 0 atom stereocenters. The van der Waals surface area contributed by atoms with Crippen LogP contribution in [0.3, 0.4) is 0 Å². The maximum Gasteiger partial charge on any atom is 0.265 e. The number of nitrogen functional groups attached to an aromatic ring is 4. The van der Waals surface area contributed by atoms with E-state index in [1.165, 1.54) is 0 Å². The first-order valence-electron chi connectivity index (χ1n) is 3.96. The number of H-pyrrole nitrogens is 2. The van der Waals surface area contributed by atoms with Crippen LogP contribution in [0.25, 0.3) is 0 Å². The van der Waals surface area contributed by atoms with Gasteiger partial charge in [-0.15, -0.1) is 10.2 Å². The summed E-state index contributed by atoms with van der Waals surface area (Å²) in [5.74, 6) is 0.635. The molecule has 0 spiro atoms. The molecular weight excluding hydrogens is 200 g/mol. The molecule has 9 nitrogen and oxygen atoms in total. The molecule has 10 N–H and O–H groups in total. The molecule has 80 valence electrons. The number of aromatic amines is 2. The quantitative estimate of drug-likeness (QED) is 0.378. The molecule has 0 aliphatic heterocycles. The van der Waals surface area contributed by atoms with Crippen LogP contribution in [0.5, 0.6) is 11.8 Å². The van der Waals surface area contributed by atoms with Crippen molar-refractivity contribution in [1.29, 1.82) is 0 Å². The predicted octanol–water partition coefficient (Wildman–Crippen LogP) is -0.746. The van der Waals surface area contributed by atoms with Crippen molar-refractivity contribution in [3.8, 4) is 11.8 Å². The largest absolute Gasteiger partial charge is 0.413 e. The van der Waals surface area contributed by atoms with Gasteiger partial charge in [-0.2, -0.15) is 0 Å². The minimum atomic E-state index is 0.103. The molecule has 0 aromatic carbocycles. The van der Waals surface area contributed by atoms with Gasteiger partial charge in [-0.3, -0.25) is 10.2 Å². The van der Waals surface area contributed by atoms with E-state index in [1.807, 2.05) is 0 Å². The van der Waals surface area contributed by atoms with Crippen molar-refractivity contribution in [2.75, 3.05) is 22.9 Å². The van der Waals surface area contributed by atoms with Crippen LogP contribution in [-0.4, -0.2) is 20.4 Å². The van der Waals surface area contributed by atoms with Gasteiger partial charge in [0.1, 0.15) is 23.0 Å². The number of rotatable bonds is 2. The Balaban J connectivity index is 2.29. The van der Waals surface area contributed by atoms with Crippen LogP contribution < -0.4 is 27.7 Å². The molecule has 0 saturated carbocycles. The van der Waals surface area contributed by atoms with Crippen LogP contribution >= 0.6 is 0 Å². The number of hydrogen-bond acceptors (Lipinski definition) is 7. The Kier molecular flexibility index (Phi) is 1.78. The lowest BCUT2D eigenvalue weighted by atomic mass is 10.5. The lowest BCUT2D eigenvalue weighted by molar-refractivity contribution is 0.446. The molecule has 0 saturated heterocycles. The normalized spacial score (nSPS) is 10.4. The molecular formula is C6H10N8O. The Bertz CT molecular complexity index is 441. The molecule has 0 radical (unpaired) electrons. The number of ether oxygens (including phenoxy) is 1. The Hall–Kier alpha value is -2.58. The smallest absolute Gasteiger partial charge is 0.265 e. The molecule has 0 bridgehead atoms. The number of anilines is 4. The maximum atomic E-state index is 5.55. The van der Waals surface area contributed by atoms with Gasteiger partial charge >= 0.3 is 0 Å². The van der Waals surface area contributed by atoms with Crippen LogP contribution in [0.4, 0.5) is 23.0 Å². The van der Waals surface area contributed by atoms with Crippen LogP contribution in [0, 0.1) is 0 Å². The van der Waals surface area contributed by atoms with E-state index in [4.69, 9.17) is 27.7 Å². The molecule has 0 fully saturated rings. The lowest BCUT2D eigenvalue weighted by Crippen LogP contribution is -1.96. The first-order chi connectivity index (χ1) is 7.09. The van der Waals surface area contributed by atoms with E-state index in [1.54, 1.807) is 0 Å². The number of nitrogens with zero attached hydrogens (tertiary/aromatic N) is 2. The second kappa shape index (κ2) is 2.97. The van der Waals surface area contributed by atoms with Crippen molar-refractivity contribution in [2.45, 2.75) is 0 Å². The molecule has 0 amide bonds. The van der Waals surface area contributed by atoms with Gasteiger partial charge in [0.15, 0.2) is 0 Å². The fraction of sp³-hybridized carbons (Fsp3) is 0. The van der Waals surface area contributed by atoms with Gasteiger partial charge in [0.05, 0.1) is 0 Å². The van der Waals surface area contributed by atoms with Gasteiger partial charge in [-0.05, 0) is 0 Å². The van der Waals surface area contributed by atoms with Gasteiger partial charge in [0.2, 0.25) is 0 Å². The molecule has 2 heterocycles. The summed E-state index contributed by atoms with van der Waals surface area (Å²) in [5, 5.41) is 12.3. The molecule has 0 unspecified atom stereocenters. The van der Waals surface area contributed by atoms with Crippen LogP contribution in [0.15, 0.2) is 0 Å². The molecule has 2 aromatic heterocycles. The monoisotopic (exact) mass is 210 g/mol. The summed E-state index contributed by atoms with van der Waals surface area (Å²) in [6.45, 7) is 0. The summed E-state index contributed by atoms with van der Waals surface area (Å²) in [5.41, 5.74) is 22.3. The Labute approximate surface area is 83.8 Å². The van der Waals surface area contributed by atoms with Crippen molar-refractivity contribution >= 4 is 23.0 Å². The summed E-state index contributed by atoms with van der Waals surface area (Å²) in [6, 6.07) is 0. The van der Waals surface area contributed by atoms with E-state index in [2.05, 4.69) is 20.4 Å². The summed E-state index contributed by atoms with van der Waals surface area (Å²) in [4.78, 5) is 0. The van der Waals surface area contributed by atoms with E-state index in [0.717, 1.165) is 0 Å². The highest BCUT2D eigenvalue weighted by Gasteiger charge is 2.14.